The van der Waals surface area contributed by atoms with E-state index in [9.17, 15) is 9.59 Å². The van der Waals surface area contributed by atoms with Crippen molar-refractivity contribution in [1.82, 2.24) is 0 Å². The van der Waals surface area contributed by atoms with Gasteiger partial charge in [-0.05, 0) is 35.9 Å². The molecule has 154 valence electrons. The minimum Gasteiger partial charge on any atom is -0.480 e. The van der Waals surface area contributed by atoms with Crippen LogP contribution in [0.1, 0.15) is 11.1 Å². The molecule has 0 unspecified atom stereocenters. The van der Waals surface area contributed by atoms with Crippen molar-refractivity contribution in [3.8, 4) is 5.75 Å². The van der Waals surface area contributed by atoms with Crippen LogP contribution in [0.15, 0.2) is 89.5 Å². The molecule has 6 nitrogen and oxygen atoms in total. The first-order valence-corrected chi connectivity index (χ1v) is 9.80. The van der Waals surface area contributed by atoms with Crippen molar-refractivity contribution in [3.05, 3.63) is 101 Å². The van der Waals surface area contributed by atoms with Gasteiger partial charge in [0.2, 0.25) is 0 Å². The fraction of sp³-hybridized carbons (Fsp3) is 0.0417. The third kappa shape index (κ3) is 4.49. The minimum absolute atomic E-state index is 0.249. The van der Waals surface area contributed by atoms with Gasteiger partial charge < -0.3 is 9.84 Å². The van der Waals surface area contributed by atoms with Crippen LogP contribution in [-0.2, 0) is 9.59 Å². The zero-order chi connectivity index (χ0) is 21.8. The number of carboxylic acid groups (broad SMARTS) is 1. The topological polar surface area (TPSA) is 79.2 Å². The summed E-state index contributed by atoms with van der Waals surface area (Å²) in [6.45, 7) is -0.491. The van der Waals surface area contributed by atoms with Crippen molar-refractivity contribution in [2.75, 3.05) is 11.6 Å². The highest BCUT2D eigenvalue weighted by Gasteiger charge is 2.31. The van der Waals surface area contributed by atoms with Crippen LogP contribution in [-0.4, -0.2) is 29.3 Å². The molecular formula is C24H17ClN2O4. The summed E-state index contributed by atoms with van der Waals surface area (Å²) in [5.41, 5.74) is 3.12. The van der Waals surface area contributed by atoms with Crippen LogP contribution in [0, 0.1) is 0 Å². The fourth-order valence-corrected chi connectivity index (χ4v) is 3.37. The quantitative estimate of drug-likeness (QED) is 0.575. The molecule has 3 aromatic rings. The lowest BCUT2D eigenvalue weighted by Gasteiger charge is -2.11. The second kappa shape index (κ2) is 8.85. The van der Waals surface area contributed by atoms with E-state index in [2.05, 4.69) is 5.10 Å². The number of carbonyl (C=O) groups is 2. The van der Waals surface area contributed by atoms with Gasteiger partial charge in [-0.1, -0.05) is 66.2 Å². The van der Waals surface area contributed by atoms with Crippen LogP contribution in [0.5, 0.6) is 5.75 Å². The number of ether oxygens (including phenoxy) is 1. The van der Waals surface area contributed by atoms with Crippen LogP contribution < -0.4 is 9.75 Å². The van der Waals surface area contributed by atoms with Crippen molar-refractivity contribution in [2.24, 2.45) is 5.10 Å². The summed E-state index contributed by atoms with van der Waals surface area (Å²) < 4.78 is 5.16. The summed E-state index contributed by atoms with van der Waals surface area (Å²) in [4.78, 5) is 23.9. The summed E-state index contributed by atoms with van der Waals surface area (Å²) >= 11 is 6.24. The van der Waals surface area contributed by atoms with Crippen LogP contribution in [0.3, 0.4) is 0 Å². The first-order valence-electron chi connectivity index (χ1n) is 9.42. The maximum atomic E-state index is 13.2. The van der Waals surface area contributed by atoms with E-state index in [1.165, 1.54) is 5.01 Å². The van der Waals surface area contributed by atoms with E-state index in [0.29, 0.717) is 22.5 Å². The van der Waals surface area contributed by atoms with Crippen LogP contribution in [0.4, 0.5) is 5.69 Å². The van der Waals surface area contributed by atoms with Gasteiger partial charge in [-0.15, -0.1) is 0 Å². The second-order valence-corrected chi connectivity index (χ2v) is 7.10. The molecule has 1 amide bonds. The van der Waals surface area contributed by atoms with E-state index in [0.717, 1.165) is 5.56 Å². The Bertz CT molecular complexity index is 1190. The number of halogens is 1. The number of hydrazone groups is 1. The minimum atomic E-state index is -1.09. The number of hydrogen-bond donors (Lipinski definition) is 1. The molecule has 0 aromatic heterocycles. The molecule has 4 rings (SSSR count). The van der Waals surface area contributed by atoms with Crippen LogP contribution in [0.2, 0.25) is 5.02 Å². The molecule has 1 aliphatic heterocycles. The molecule has 1 N–H and O–H groups in total. The lowest BCUT2D eigenvalue weighted by Crippen LogP contribution is -2.21. The number of carboxylic acids is 1. The Kier molecular flexibility index (Phi) is 5.82. The Labute approximate surface area is 183 Å². The lowest BCUT2D eigenvalue weighted by atomic mass is 10.0. The van der Waals surface area contributed by atoms with E-state index >= 15 is 0 Å². The van der Waals surface area contributed by atoms with Gasteiger partial charge in [-0.25, -0.2) is 4.79 Å². The first-order chi connectivity index (χ1) is 15.0. The monoisotopic (exact) mass is 432 g/mol. The molecule has 31 heavy (non-hydrogen) atoms. The molecule has 0 fully saturated rings. The van der Waals surface area contributed by atoms with Crippen molar-refractivity contribution < 1.29 is 19.4 Å². The molecule has 0 saturated heterocycles. The maximum absolute atomic E-state index is 13.2. The van der Waals surface area contributed by atoms with Gasteiger partial charge in [0, 0.05) is 5.56 Å². The highest BCUT2D eigenvalue weighted by atomic mass is 35.5. The van der Waals surface area contributed by atoms with Crippen molar-refractivity contribution >= 4 is 41.0 Å². The van der Waals surface area contributed by atoms with Gasteiger partial charge >= 0.3 is 5.97 Å². The van der Waals surface area contributed by atoms with Gasteiger partial charge in [-0.3, -0.25) is 4.79 Å². The average molecular weight is 433 g/mol. The lowest BCUT2D eigenvalue weighted by molar-refractivity contribution is -0.139. The largest absolute Gasteiger partial charge is 0.480 e. The number of nitrogens with zero attached hydrogens (tertiary/aromatic N) is 2. The van der Waals surface area contributed by atoms with Gasteiger partial charge in [0.15, 0.2) is 6.61 Å². The number of rotatable bonds is 6. The highest BCUT2D eigenvalue weighted by molar-refractivity contribution is 6.37. The molecule has 1 heterocycles. The first kappa shape index (κ1) is 20.4. The molecule has 0 saturated carbocycles. The molecule has 1 aliphatic rings. The Morgan fingerprint density at radius 3 is 2.35 bits per heavy atom. The zero-order valence-electron chi connectivity index (χ0n) is 16.2. The van der Waals surface area contributed by atoms with Crippen LogP contribution >= 0.6 is 11.6 Å². The standard InChI is InChI=1S/C24H17ClN2O4/c25-20-14-16(11-12-21(20)31-15-22(28)29)13-19-23(17-7-3-1-4-8-17)26-27(24(19)30)18-9-5-2-6-10-18/h1-14H,15H2,(H,28,29)/b19-13-. The average Bonchev–Trinajstić information content (AvgIpc) is 3.10. The van der Waals surface area contributed by atoms with Crippen LogP contribution in [0.25, 0.3) is 6.08 Å². The second-order valence-electron chi connectivity index (χ2n) is 6.70. The predicted molar refractivity (Wildman–Crippen MR) is 119 cm³/mol. The summed E-state index contributed by atoms with van der Waals surface area (Å²) in [5, 5.41) is 15.0. The van der Waals surface area contributed by atoms with Crippen molar-refractivity contribution in [3.63, 3.8) is 0 Å². The third-order valence-corrected chi connectivity index (χ3v) is 4.84. The number of para-hydroxylation sites is 1. The summed E-state index contributed by atoms with van der Waals surface area (Å²) in [5.74, 6) is -1.09. The molecule has 3 aromatic carbocycles. The summed E-state index contributed by atoms with van der Waals surface area (Å²) in [7, 11) is 0. The highest BCUT2D eigenvalue weighted by Crippen LogP contribution is 2.30. The molecule has 0 spiro atoms. The zero-order valence-corrected chi connectivity index (χ0v) is 17.0. The van der Waals surface area contributed by atoms with E-state index in [1.807, 2.05) is 60.7 Å². The molecule has 0 radical (unpaired) electrons. The Morgan fingerprint density at radius 1 is 1.03 bits per heavy atom. The van der Waals surface area contributed by atoms with Gasteiger partial charge in [0.25, 0.3) is 5.91 Å². The van der Waals surface area contributed by atoms with E-state index in [4.69, 9.17) is 21.4 Å². The Balaban J connectivity index is 1.72. The van der Waals surface area contributed by atoms with Crippen molar-refractivity contribution in [1.29, 1.82) is 0 Å². The fourth-order valence-electron chi connectivity index (χ4n) is 3.13. The van der Waals surface area contributed by atoms with Gasteiger partial charge in [0.1, 0.15) is 11.5 Å². The Morgan fingerprint density at radius 2 is 1.71 bits per heavy atom. The number of amides is 1. The van der Waals surface area contributed by atoms with E-state index in [-0.39, 0.29) is 16.7 Å². The van der Waals surface area contributed by atoms with Gasteiger partial charge in [0.05, 0.1) is 16.3 Å². The van der Waals surface area contributed by atoms with E-state index < -0.39 is 12.6 Å². The smallest absolute Gasteiger partial charge is 0.341 e. The summed E-state index contributed by atoms with van der Waals surface area (Å²) in [6, 6.07) is 23.6. The number of anilines is 1. The van der Waals surface area contributed by atoms with Crippen molar-refractivity contribution in [2.45, 2.75) is 0 Å². The van der Waals surface area contributed by atoms with Gasteiger partial charge in [-0.2, -0.15) is 10.1 Å². The third-order valence-electron chi connectivity index (χ3n) is 4.54. The predicted octanol–water partition coefficient (Wildman–Crippen LogP) is 4.64. The maximum Gasteiger partial charge on any atom is 0.341 e. The number of carbonyl (C=O) groups excluding carboxylic acids is 1. The molecule has 0 aliphatic carbocycles. The number of benzene rings is 3. The molecule has 0 atom stereocenters. The van der Waals surface area contributed by atoms with E-state index in [1.54, 1.807) is 24.3 Å². The Hall–Kier alpha value is -3.90. The normalized spacial score (nSPS) is 14.6. The molecule has 7 heteroatoms. The number of hydrogen-bond acceptors (Lipinski definition) is 4. The number of aliphatic carboxylic acids is 1. The summed E-state index contributed by atoms with van der Waals surface area (Å²) in [6.07, 6.45) is 1.71. The molecule has 0 bridgehead atoms. The SMILES string of the molecule is O=C(O)COc1ccc(/C=C2\C(=O)N(c3ccccc3)N=C2c2ccccc2)cc1Cl. The molecular weight excluding hydrogens is 416 g/mol.